The van der Waals surface area contributed by atoms with Gasteiger partial charge in [0.15, 0.2) is 11.5 Å². The van der Waals surface area contributed by atoms with Crippen molar-refractivity contribution in [1.29, 1.82) is 0 Å². The van der Waals surface area contributed by atoms with Gasteiger partial charge < -0.3 is 14.6 Å². The first kappa shape index (κ1) is 12.9. The summed E-state index contributed by atoms with van der Waals surface area (Å²) in [6, 6.07) is 15.6. The van der Waals surface area contributed by atoms with E-state index >= 15 is 0 Å². The van der Waals surface area contributed by atoms with Crippen LogP contribution in [-0.4, -0.2) is 15.1 Å². The van der Waals surface area contributed by atoms with Crippen LogP contribution in [0.1, 0.15) is 0 Å². The number of pyridine rings is 2. The minimum absolute atomic E-state index is 0.103. The smallest absolute Gasteiger partial charge is 0.219 e. The molecule has 0 aliphatic carbocycles. The summed E-state index contributed by atoms with van der Waals surface area (Å²) < 4.78 is 11.1. The fraction of sp³-hybridized carbons (Fsp3) is 0. The maximum Gasteiger partial charge on any atom is 0.219 e. The number of ether oxygens (including phenoxy) is 2. The van der Waals surface area contributed by atoms with Gasteiger partial charge in [0.25, 0.3) is 0 Å². The van der Waals surface area contributed by atoms with Crippen LogP contribution in [-0.2, 0) is 0 Å². The molecule has 0 radical (unpaired) electrons. The molecule has 0 spiro atoms. The van der Waals surface area contributed by atoms with Gasteiger partial charge in [-0.15, -0.1) is 0 Å². The van der Waals surface area contributed by atoms with Gasteiger partial charge in [-0.25, -0.2) is 9.97 Å². The number of aromatic nitrogens is 2. The summed E-state index contributed by atoms with van der Waals surface area (Å²) in [6.45, 7) is 0. The van der Waals surface area contributed by atoms with E-state index in [2.05, 4.69) is 9.97 Å². The summed E-state index contributed by atoms with van der Waals surface area (Å²) in [5.74, 6) is 1.21. The zero-order chi connectivity index (χ0) is 14.5. The lowest BCUT2D eigenvalue weighted by molar-refractivity contribution is 0.369. The molecule has 21 heavy (non-hydrogen) atoms. The second-order valence-corrected chi connectivity index (χ2v) is 4.14. The Morgan fingerprint density at radius 1 is 0.667 bits per heavy atom. The van der Waals surface area contributed by atoms with Crippen molar-refractivity contribution in [1.82, 2.24) is 9.97 Å². The molecule has 2 aromatic heterocycles. The van der Waals surface area contributed by atoms with E-state index in [0.29, 0.717) is 11.8 Å². The van der Waals surface area contributed by atoms with Crippen molar-refractivity contribution < 1.29 is 14.6 Å². The molecule has 0 saturated heterocycles. The zero-order valence-corrected chi connectivity index (χ0v) is 11.0. The monoisotopic (exact) mass is 280 g/mol. The van der Waals surface area contributed by atoms with Crippen molar-refractivity contribution in [2.75, 3.05) is 0 Å². The molecule has 0 bridgehead atoms. The van der Waals surface area contributed by atoms with Crippen molar-refractivity contribution in [2.24, 2.45) is 0 Å². The topological polar surface area (TPSA) is 64.5 Å². The highest BCUT2D eigenvalue weighted by atomic mass is 16.5. The van der Waals surface area contributed by atoms with Gasteiger partial charge in [0.1, 0.15) is 0 Å². The summed E-state index contributed by atoms with van der Waals surface area (Å²) in [5, 5.41) is 10.2. The number of rotatable bonds is 4. The third-order valence-corrected chi connectivity index (χ3v) is 2.67. The van der Waals surface area contributed by atoms with Crippen LogP contribution in [0.4, 0.5) is 0 Å². The van der Waals surface area contributed by atoms with Gasteiger partial charge in [0, 0.05) is 24.5 Å². The molecule has 1 aromatic carbocycles. The predicted molar refractivity (Wildman–Crippen MR) is 76.7 cm³/mol. The minimum atomic E-state index is -0.103. The standard InChI is InChI=1S/C16H12N2O3/c19-16-12(20-14-8-1-3-10-17-14)6-5-7-13(16)21-15-9-2-4-11-18-15/h1-11,19H. The molecule has 0 aliphatic rings. The van der Waals surface area contributed by atoms with Crippen molar-refractivity contribution in [3.8, 4) is 29.0 Å². The highest BCUT2D eigenvalue weighted by Crippen LogP contribution is 2.39. The first-order valence-corrected chi connectivity index (χ1v) is 6.33. The number of aromatic hydroxyl groups is 1. The van der Waals surface area contributed by atoms with Gasteiger partial charge in [-0.1, -0.05) is 18.2 Å². The van der Waals surface area contributed by atoms with Gasteiger partial charge in [-0.3, -0.25) is 0 Å². The molecule has 3 aromatic rings. The third-order valence-electron chi connectivity index (χ3n) is 2.67. The van der Waals surface area contributed by atoms with Gasteiger partial charge in [-0.05, 0) is 24.3 Å². The SMILES string of the molecule is Oc1c(Oc2ccccn2)cccc1Oc1ccccn1. The molecule has 1 N–H and O–H groups in total. The summed E-state index contributed by atoms with van der Waals surface area (Å²) in [4.78, 5) is 8.08. The van der Waals surface area contributed by atoms with Crippen LogP contribution in [0.5, 0.6) is 29.0 Å². The molecule has 0 amide bonds. The van der Waals surface area contributed by atoms with Crippen molar-refractivity contribution in [2.45, 2.75) is 0 Å². The van der Waals surface area contributed by atoms with Crippen molar-refractivity contribution in [3.05, 3.63) is 67.0 Å². The van der Waals surface area contributed by atoms with Crippen molar-refractivity contribution >= 4 is 0 Å². The van der Waals surface area contributed by atoms with Crippen LogP contribution >= 0.6 is 0 Å². The van der Waals surface area contributed by atoms with Crippen molar-refractivity contribution in [3.63, 3.8) is 0 Å². The van der Waals surface area contributed by atoms with Crippen LogP contribution in [0.15, 0.2) is 67.0 Å². The van der Waals surface area contributed by atoms with Crippen LogP contribution in [0.2, 0.25) is 0 Å². The number of para-hydroxylation sites is 1. The largest absolute Gasteiger partial charge is 0.502 e. The molecular weight excluding hydrogens is 268 g/mol. The lowest BCUT2D eigenvalue weighted by Gasteiger charge is -2.10. The first-order chi connectivity index (χ1) is 10.3. The molecule has 0 saturated carbocycles. The molecule has 0 atom stereocenters. The lowest BCUT2D eigenvalue weighted by atomic mass is 10.3. The summed E-state index contributed by atoms with van der Waals surface area (Å²) in [7, 11) is 0. The molecule has 0 unspecified atom stereocenters. The Hall–Kier alpha value is -3.08. The minimum Gasteiger partial charge on any atom is -0.502 e. The Morgan fingerprint density at radius 3 is 1.62 bits per heavy atom. The third kappa shape index (κ3) is 3.09. The van der Waals surface area contributed by atoms with E-state index in [1.54, 1.807) is 67.0 Å². The molecule has 0 fully saturated rings. The van der Waals surface area contributed by atoms with E-state index in [-0.39, 0.29) is 17.2 Å². The number of phenolic OH excluding ortho intramolecular Hbond substituents is 1. The van der Waals surface area contributed by atoms with E-state index < -0.39 is 0 Å². The molecule has 104 valence electrons. The fourth-order valence-electron chi connectivity index (χ4n) is 1.71. The molecule has 3 rings (SSSR count). The number of hydrogen-bond donors (Lipinski definition) is 1. The Labute approximate surface area is 121 Å². The highest BCUT2D eigenvalue weighted by Gasteiger charge is 2.11. The number of benzene rings is 1. The van der Waals surface area contributed by atoms with Crippen LogP contribution in [0.25, 0.3) is 0 Å². The maximum atomic E-state index is 10.2. The first-order valence-electron chi connectivity index (χ1n) is 6.33. The number of nitrogens with zero attached hydrogens (tertiary/aromatic N) is 2. The fourth-order valence-corrected chi connectivity index (χ4v) is 1.71. The van der Waals surface area contributed by atoms with E-state index in [9.17, 15) is 5.11 Å². The quantitative estimate of drug-likeness (QED) is 0.788. The molecule has 5 heteroatoms. The van der Waals surface area contributed by atoms with E-state index in [4.69, 9.17) is 9.47 Å². The Morgan fingerprint density at radius 2 is 1.19 bits per heavy atom. The highest BCUT2D eigenvalue weighted by molar-refractivity contribution is 5.52. The molecule has 5 nitrogen and oxygen atoms in total. The van der Waals surface area contributed by atoms with Crippen LogP contribution in [0, 0.1) is 0 Å². The van der Waals surface area contributed by atoms with E-state index in [1.165, 1.54) is 0 Å². The normalized spacial score (nSPS) is 10.1. The summed E-state index contributed by atoms with van der Waals surface area (Å²) in [5.41, 5.74) is 0. The average molecular weight is 280 g/mol. The molecule has 0 aliphatic heterocycles. The zero-order valence-electron chi connectivity index (χ0n) is 11.0. The van der Waals surface area contributed by atoms with E-state index in [0.717, 1.165) is 0 Å². The van der Waals surface area contributed by atoms with Crippen LogP contribution < -0.4 is 9.47 Å². The van der Waals surface area contributed by atoms with E-state index in [1.807, 2.05) is 0 Å². The van der Waals surface area contributed by atoms with Gasteiger partial charge in [0.05, 0.1) is 0 Å². The van der Waals surface area contributed by atoms with Gasteiger partial charge in [-0.2, -0.15) is 0 Å². The second-order valence-electron chi connectivity index (χ2n) is 4.14. The molecular formula is C16H12N2O3. The molecule has 2 heterocycles. The second kappa shape index (κ2) is 5.92. The summed E-state index contributed by atoms with van der Waals surface area (Å²) in [6.07, 6.45) is 3.22. The number of hydrogen-bond acceptors (Lipinski definition) is 5. The number of phenols is 1. The van der Waals surface area contributed by atoms with Gasteiger partial charge in [0.2, 0.25) is 17.5 Å². The predicted octanol–water partition coefficient (Wildman–Crippen LogP) is 3.77. The average Bonchev–Trinajstić information content (AvgIpc) is 2.53. The lowest BCUT2D eigenvalue weighted by Crippen LogP contribution is -1.91. The van der Waals surface area contributed by atoms with Crippen LogP contribution in [0.3, 0.4) is 0 Å². The Kier molecular flexibility index (Phi) is 3.64. The Balaban J connectivity index is 1.85. The summed E-state index contributed by atoms with van der Waals surface area (Å²) >= 11 is 0. The van der Waals surface area contributed by atoms with Gasteiger partial charge >= 0.3 is 0 Å². The Bertz CT molecular complexity index is 658. The maximum absolute atomic E-state index is 10.2.